The molecule has 1 fully saturated rings. The van der Waals surface area contributed by atoms with Crippen molar-refractivity contribution in [1.82, 2.24) is 0 Å². The molecule has 1 aromatic carbocycles. The number of hydrogen-bond donors (Lipinski definition) is 1. The fraction of sp³-hybridized carbons (Fsp3) is 0.562. The summed E-state index contributed by atoms with van der Waals surface area (Å²) in [5, 5.41) is 2.32. The monoisotopic (exact) mass is 278 g/mol. The molecule has 0 unspecified atom stereocenters. The Morgan fingerprint density at radius 2 is 2.00 bits per heavy atom. The van der Waals surface area contributed by atoms with Crippen molar-refractivity contribution in [2.24, 2.45) is 5.92 Å². The molecule has 2 rings (SSSR count). The minimum absolute atomic E-state index is 0.275. The first kappa shape index (κ1) is 14.9. The van der Waals surface area contributed by atoms with Crippen LogP contribution in [0.3, 0.4) is 0 Å². The molecule has 4 heteroatoms. The van der Waals surface area contributed by atoms with E-state index in [0.717, 1.165) is 25.9 Å². The molecule has 0 atom stereocenters. The van der Waals surface area contributed by atoms with Crippen molar-refractivity contribution in [3.05, 3.63) is 29.8 Å². The first-order valence-electron chi connectivity index (χ1n) is 7.22. The highest BCUT2D eigenvalue weighted by molar-refractivity contribution is 5.90. The molecule has 20 heavy (non-hydrogen) atoms. The number of nitrogens with two attached hydrogens (primary N) is 1. The number of methoxy groups -OCH3 is 1. The molecule has 1 aromatic rings. The van der Waals surface area contributed by atoms with Gasteiger partial charge in [-0.2, -0.15) is 0 Å². The summed E-state index contributed by atoms with van der Waals surface area (Å²) in [4.78, 5) is 12.3. The Morgan fingerprint density at radius 1 is 1.30 bits per heavy atom. The smallest absolute Gasteiger partial charge is 0.338 e. The predicted octanol–water partition coefficient (Wildman–Crippen LogP) is 1.60. The molecule has 110 valence electrons. The van der Waals surface area contributed by atoms with Gasteiger partial charge in [0.2, 0.25) is 0 Å². The van der Waals surface area contributed by atoms with Crippen LogP contribution in [0, 0.1) is 5.92 Å². The largest absolute Gasteiger partial charge is 0.497 e. The molecule has 0 amide bonds. The molecule has 0 aliphatic carbocycles. The highest BCUT2D eigenvalue weighted by Crippen LogP contribution is 2.29. The fourth-order valence-corrected chi connectivity index (χ4v) is 2.75. The van der Waals surface area contributed by atoms with E-state index in [1.807, 2.05) is 19.9 Å². The summed E-state index contributed by atoms with van der Waals surface area (Å²) in [5.41, 5.74) is 0.119. The zero-order valence-electron chi connectivity index (χ0n) is 12.5. The van der Waals surface area contributed by atoms with Gasteiger partial charge >= 0.3 is 5.97 Å². The van der Waals surface area contributed by atoms with E-state index in [4.69, 9.17) is 9.47 Å². The Morgan fingerprint density at radius 3 is 2.65 bits per heavy atom. The van der Waals surface area contributed by atoms with E-state index in [-0.39, 0.29) is 5.97 Å². The molecule has 0 spiro atoms. The van der Waals surface area contributed by atoms with Crippen LogP contribution >= 0.6 is 0 Å². The van der Waals surface area contributed by atoms with Crippen LogP contribution in [0.2, 0.25) is 0 Å². The molecule has 0 bridgehead atoms. The van der Waals surface area contributed by atoms with Crippen molar-refractivity contribution in [3.8, 4) is 5.75 Å². The lowest BCUT2D eigenvalue weighted by atomic mass is 9.83. The number of hydrogen-bond acceptors (Lipinski definition) is 3. The number of carbonyl (C=O) groups excluding carboxylic acids is 1. The molecule has 1 aliphatic rings. The Hall–Kier alpha value is -1.55. The summed E-state index contributed by atoms with van der Waals surface area (Å²) in [6, 6.07) is 7.10. The van der Waals surface area contributed by atoms with Crippen molar-refractivity contribution in [1.29, 1.82) is 0 Å². The number of benzene rings is 1. The van der Waals surface area contributed by atoms with Gasteiger partial charge < -0.3 is 14.8 Å². The third-order valence-corrected chi connectivity index (χ3v) is 4.08. The Bertz CT molecular complexity index is 465. The van der Waals surface area contributed by atoms with Crippen LogP contribution < -0.4 is 10.1 Å². The van der Waals surface area contributed by atoms with E-state index in [1.165, 1.54) is 0 Å². The van der Waals surface area contributed by atoms with Gasteiger partial charge in [-0.15, -0.1) is 0 Å². The standard InChI is InChI=1S/C16H23NO3/c1-16(2,13-7-9-17-10-8-13)20-15(18)12-5-4-6-14(11-12)19-3/h4-6,11,13,17H,7-10H2,1-3H3/p+1. The number of rotatable bonds is 4. The van der Waals surface area contributed by atoms with Gasteiger partial charge in [-0.3, -0.25) is 0 Å². The SMILES string of the molecule is COc1cccc(C(=O)OC(C)(C)C2CC[NH2+]CC2)c1. The van der Waals surface area contributed by atoms with Gasteiger partial charge in [-0.05, 0) is 32.0 Å². The van der Waals surface area contributed by atoms with Crippen LogP contribution in [0.4, 0.5) is 0 Å². The Labute approximate surface area is 120 Å². The molecule has 4 nitrogen and oxygen atoms in total. The molecular formula is C16H24NO3+. The molecule has 0 saturated carbocycles. The highest BCUT2D eigenvalue weighted by Gasteiger charge is 2.35. The van der Waals surface area contributed by atoms with E-state index in [2.05, 4.69) is 5.32 Å². The maximum atomic E-state index is 12.3. The molecule has 1 saturated heterocycles. The van der Waals surface area contributed by atoms with Gasteiger partial charge in [0.25, 0.3) is 0 Å². The van der Waals surface area contributed by atoms with Crippen molar-refractivity contribution >= 4 is 5.97 Å². The van der Waals surface area contributed by atoms with E-state index < -0.39 is 5.60 Å². The summed E-state index contributed by atoms with van der Waals surface area (Å²) < 4.78 is 10.9. The van der Waals surface area contributed by atoms with Gasteiger partial charge in [0.15, 0.2) is 0 Å². The lowest BCUT2D eigenvalue weighted by Gasteiger charge is -2.35. The molecule has 0 radical (unpaired) electrons. The average Bonchev–Trinajstić information content (AvgIpc) is 2.48. The summed E-state index contributed by atoms with van der Waals surface area (Å²) >= 11 is 0. The average molecular weight is 278 g/mol. The van der Waals surface area contributed by atoms with E-state index in [9.17, 15) is 4.79 Å². The van der Waals surface area contributed by atoms with Crippen molar-refractivity contribution < 1.29 is 19.6 Å². The van der Waals surface area contributed by atoms with Gasteiger partial charge in [-0.1, -0.05) is 6.07 Å². The number of piperidine rings is 1. The maximum absolute atomic E-state index is 12.3. The third-order valence-electron chi connectivity index (χ3n) is 4.08. The summed E-state index contributed by atoms with van der Waals surface area (Å²) in [6.45, 7) is 6.26. The highest BCUT2D eigenvalue weighted by atomic mass is 16.6. The normalized spacial score (nSPS) is 16.8. The third kappa shape index (κ3) is 3.51. The quantitative estimate of drug-likeness (QED) is 0.851. The molecular weight excluding hydrogens is 254 g/mol. The Kier molecular flexibility index (Phi) is 4.65. The van der Waals surface area contributed by atoms with Gasteiger partial charge in [-0.25, -0.2) is 4.79 Å². The van der Waals surface area contributed by atoms with E-state index in [0.29, 0.717) is 17.2 Å². The summed E-state index contributed by atoms with van der Waals surface area (Å²) in [6.07, 6.45) is 2.19. The minimum atomic E-state index is -0.422. The van der Waals surface area contributed by atoms with E-state index >= 15 is 0 Å². The summed E-state index contributed by atoms with van der Waals surface area (Å²) in [5.74, 6) is 0.829. The lowest BCUT2D eigenvalue weighted by Crippen LogP contribution is -2.86. The van der Waals surface area contributed by atoms with E-state index in [1.54, 1.807) is 25.3 Å². The summed E-state index contributed by atoms with van der Waals surface area (Å²) in [7, 11) is 1.59. The van der Waals surface area contributed by atoms with Crippen molar-refractivity contribution in [2.75, 3.05) is 20.2 Å². The fourth-order valence-electron chi connectivity index (χ4n) is 2.75. The van der Waals surface area contributed by atoms with Crippen LogP contribution in [0.15, 0.2) is 24.3 Å². The second-order valence-corrected chi connectivity index (χ2v) is 5.87. The first-order chi connectivity index (χ1) is 9.53. The van der Waals surface area contributed by atoms with Gasteiger partial charge in [0.1, 0.15) is 11.4 Å². The van der Waals surface area contributed by atoms with Gasteiger partial charge in [0.05, 0.1) is 25.8 Å². The zero-order valence-corrected chi connectivity index (χ0v) is 12.5. The second kappa shape index (κ2) is 6.27. The zero-order chi connectivity index (χ0) is 14.6. The van der Waals surface area contributed by atoms with Crippen LogP contribution in [-0.4, -0.2) is 31.8 Å². The maximum Gasteiger partial charge on any atom is 0.338 e. The molecule has 0 aromatic heterocycles. The number of quaternary nitrogens is 1. The number of carbonyl (C=O) groups is 1. The van der Waals surface area contributed by atoms with Crippen molar-refractivity contribution in [3.63, 3.8) is 0 Å². The predicted molar refractivity (Wildman–Crippen MR) is 76.9 cm³/mol. The number of ether oxygens (including phenoxy) is 2. The molecule has 2 N–H and O–H groups in total. The van der Waals surface area contributed by atoms with Crippen molar-refractivity contribution in [2.45, 2.75) is 32.3 Å². The molecule has 1 heterocycles. The van der Waals surface area contributed by atoms with Crippen LogP contribution in [0.5, 0.6) is 5.75 Å². The van der Waals surface area contributed by atoms with Gasteiger partial charge in [0, 0.05) is 18.8 Å². The van der Waals surface area contributed by atoms with Crippen LogP contribution in [0.25, 0.3) is 0 Å². The lowest BCUT2D eigenvalue weighted by molar-refractivity contribution is -0.665. The van der Waals surface area contributed by atoms with Crippen LogP contribution in [-0.2, 0) is 4.74 Å². The number of esters is 1. The van der Waals surface area contributed by atoms with Crippen LogP contribution in [0.1, 0.15) is 37.0 Å². The molecule has 1 aliphatic heterocycles. The first-order valence-corrected chi connectivity index (χ1v) is 7.22. The second-order valence-electron chi connectivity index (χ2n) is 5.87. The minimum Gasteiger partial charge on any atom is -0.497 e. The Balaban J connectivity index is 2.05. The topological polar surface area (TPSA) is 52.1 Å².